The van der Waals surface area contributed by atoms with Crippen LogP contribution in [0.1, 0.15) is 27.8 Å². The third kappa shape index (κ3) is 2.50. The van der Waals surface area contributed by atoms with Crippen LogP contribution < -0.4 is 4.57 Å². The van der Waals surface area contributed by atoms with Gasteiger partial charge in [-0.1, -0.05) is 42.5 Å². The van der Waals surface area contributed by atoms with E-state index in [9.17, 15) is 0 Å². The second-order valence-electron chi connectivity index (χ2n) is 8.22. The normalized spacial score (nSPS) is 12.7. The van der Waals surface area contributed by atoms with Gasteiger partial charge in [-0.25, -0.2) is 0 Å². The molecule has 28 heavy (non-hydrogen) atoms. The predicted molar refractivity (Wildman–Crippen MR) is 118 cm³/mol. The van der Waals surface area contributed by atoms with Crippen LogP contribution in [0.15, 0.2) is 60.7 Å². The molecule has 0 N–H and O–H groups in total. The number of rotatable bonds is 0. The van der Waals surface area contributed by atoms with Crippen molar-refractivity contribution in [3.8, 4) is 22.4 Å². The molecule has 0 atom stereocenters. The maximum Gasteiger partial charge on any atom is 0.213 e. The van der Waals surface area contributed by atoms with Crippen molar-refractivity contribution in [2.45, 2.75) is 33.6 Å². The Morgan fingerprint density at radius 2 is 1.57 bits per heavy atom. The molecule has 0 fully saturated rings. The van der Waals surface area contributed by atoms with Crippen molar-refractivity contribution in [3.05, 3.63) is 88.5 Å². The molecule has 0 aliphatic heterocycles. The first kappa shape index (κ1) is 17.2. The smallest absolute Gasteiger partial charge is 0.194 e. The SMILES string of the molecule is Cc1cc(C)c2c(c1C)-c1cc(c3ccccc3[n+]1C)CCc1cccc-2c1. The molecule has 138 valence electrons. The van der Waals surface area contributed by atoms with Gasteiger partial charge in [-0.3, -0.25) is 0 Å². The fourth-order valence-corrected chi connectivity index (χ4v) is 4.89. The predicted octanol–water partition coefficient (Wildman–Crippen LogP) is 6.02. The number of fused-ring (bicyclic) bond motifs is 9. The van der Waals surface area contributed by atoms with E-state index in [1.165, 1.54) is 61.1 Å². The number of nitrogens with zero attached hydrogens (tertiary/aromatic N) is 1. The van der Waals surface area contributed by atoms with Gasteiger partial charge < -0.3 is 0 Å². The third-order valence-electron chi connectivity index (χ3n) is 6.48. The Labute approximate surface area is 167 Å². The van der Waals surface area contributed by atoms with Crippen molar-refractivity contribution in [2.75, 3.05) is 0 Å². The molecule has 1 aliphatic carbocycles. The highest BCUT2D eigenvalue weighted by Crippen LogP contribution is 2.39. The minimum atomic E-state index is 1.07. The van der Waals surface area contributed by atoms with Gasteiger partial charge in [0.2, 0.25) is 11.2 Å². The van der Waals surface area contributed by atoms with E-state index in [0.29, 0.717) is 0 Å². The summed E-state index contributed by atoms with van der Waals surface area (Å²) >= 11 is 0. The Morgan fingerprint density at radius 3 is 2.43 bits per heavy atom. The molecule has 1 aromatic heterocycles. The number of hydrogen-bond acceptors (Lipinski definition) is 0. The van der Waals surface area contributed by atoms with Crippen LogP contribution in [0, 0.1) is 20.8 Å². The van der Waals surface area contributed by atoms with Gasteiger partial charge in [0.1, 0.15) is 7.05 Å². The van der Waals surface area contributed by atoms with E-state index in [0.717, 1.165) is 12.8 Å². The second kappa shape index (κ2) is 6.31. The first-order valence-electron chi connectivity index (χ1n) is 10.2. The van der Waals surface area contributed by atoms with Crippen LogP contribution in [0.25, 0.3) is 33.3 Å². The van der Waals surface area contributed by atoms with Gasteiger partial charge in [0.05, 0.1) is 5.56 Å². The van der Waals surface area contributed by atoms with Crippen molar-refractivity contribution >= 4 is 10.9 Å². The lowest BCUT2D eigenvalue weighted by molar-refractivity contribution is -0.633. The van der Waals surface area contributed by atoms with Crippen LogP contribution in [-0.2, 0) is 19.9 Å². The minimum Gasteiger partial charge on any atom is -0.194 e. The van der Waals surface area contributed by atoms with E-state index in [4.69, 9.17) is 0 Å². The summed E-state index contributed by atoms with van der Waals surface area (Å²) in [5, 5.41) is 1.37. The van der Waals surface area contributed by atoms with E-state index < -0.39 is 0 Å². The Bertz CT molecular complexity index is 1250. The van der Waals surface area contributed by atoms with E-state index in [-0.39, 0.29) is 0 Å². The highest BCUT2D eigenvalue weighted by molar-refractivity contribution is 5.89. The van der Waals surface area contributed by atoms with Crippen LogP contribution in [-0.4, -0.2) is 0 Å². The number of aryl methyl sites for hydroxylation is 5. The lowest BCUT2D eigenvalue weighted by Crippen LogP contribution is -2.33. The highest BCUT2D eigenvalue weighted by Gasteiger charge is 2.25. The maximum atomic E-state index is 2.44. The van der Waals surface area contributed by atoms with Gasteiger partial charge in [-0.2, -0.15) is 4.57 Å². The zero-order chi connectivity index (χ0) is 19.4. The minimum absolute atomic E-state index is 1.07. The van der Waals surface area contributed by atoms with Crippen molar-refractivity contribution in [1.29, 1.82) is 0 Å². The molecule has 1 aliphatic rings. The lowest BCUT2D eigenvalue weighted by atomic mass is 9.84. The Balaban J connectivity index is 2.00. The summed E-state index contributed by atoms with van der Waals surface area (Å²) in [5.41, 5.74) is 13.7. The van der Waals surface area contributed by atoms with Gasteiger partial charge in [-0.05, 0) is 78.6 Å². The molecule has 4 aromatic rings. The van der Waals surface area contributed by atoms with Crippen molar-refractivity contribution in [2.24, 2.45) is 7.05 Å². The molecule has 0 spiro atoms. The van der Waals surface area contributed by atoms with E-state index >= 15 is 0 Å². The van der Waals surface area contributed by atoms with Crippen molar-refractivity contribution in [1.82, 2.24) is 0 Å². The number of pyridine rings is 1. The van der Waals surface area contributed by atoms with Crippen LogP contribution in [0.5, 0.6) is 0 Å². The first-order chi connectivity index (χ1) is 13.5. The zero-order valence-corrected chi connectivity index (χ0v) is 17.1. The molecule has 4 bridgehead atoms. The summed E-state index contributed by atoms with van der Waals surface area (Å²) in [7, 11) is 2.21. The molecular weight excluding hydrogens is 338 g/mol. The molecule has 0 saturated heterocycles. The summed E-state index contributed by atoms with van der Waals surface area (Å²) in [6.07, 6.45) is 2.14. The highest BCUT2D eigenvalue weighted by atomic mass is 14.9. The average Bonchev–Trinajstić information content (AvgIpc) is 2.70. The van der Waals surface area contributed by atoms with Gasteiger partial charge in [0, 0.05) is 17.5 Å². The molecule has 0 radical (unpaired) electrons. The third-order valence-corrected chi connectivity index (χ3v) is 6.48. The number of hydrogen-bond donors (Lipinski definition) is 0. The molecule has 1 heteroatoms. The lowest BCUT2D eigenvalue weighted by Gasteiger charge is -2.20. The largest absolute Gasteiger partial charge is 0.213 e. The van der Waals surface area contributed by atoms with E-state index in [2.05, 4.69) is 93.0 Å². The fourth-order valence-electron chi connectivity index (χ4n) is 4.89. The maximum absolute atomic E-state index is 2.44. The summed E-state index contributed by atoms with van der Waals surface area (Å²) in [6.45, 7) is 6.77. The van der Waals surface area contributed by atoms with Crippen molar-refractivity contribution in [3.63, 3.8) is 0 Å². The van der Waals surface area contributed by atoms with Crippen LogP contribution >= 0.6 is 0 Å². The Morgan fingerprint density at radius 1 is 0.750 bits per heavy atom. The number of para-hydroxylation sites is 1. The molecule has 0 amide bonds. The monoisotopic (exact) mass is 364 g/mol. The van der Waals surface area contributed by atoms with Gasteiger partial charge in [0.25, 0.3) is 0 Å². The standard InChI is InChI=1S/C27H26N/c1-17-14-18(2)26-22-9-7-8-20(15-22)12-13-21-16-25(27(26)19(17)3)28(4)24-11-6-5-10-23(21)24/h5-11,14-16H,12-13H2,1-4H3/q+1. The van der Waals surface area contributed by atoms with Gasteiger partial charge >= 0.3 is 0 Å². The topological polar surface area (TPSA) is 3.88 Å². The molecule has 1 heterocycles. The summed E-state index contributed by atoms with van der Waals surface area (Å²) < 4.78 is 2.38. The van der Waals surface area contributed by atoms with Crippen LogP contribution in [0.3, 0.4) is 0 Å². The summed E-state index contributed by atoms with van der Waals surface area (Å²) in [5.74, 6) is 0. The molecule has 0 saturated carbocycles. The summed E-state index contributed by atoms with van der Waals surface area (Å²) in [4.78, 5) is 0. The fraction of sp³-hybridized carbons (Fsp3) is 0.222. The molecule has 1 nitrogen and oxygen atoms in total. The number of benzene rings is 3. The quantitative estimate of drug-likeness (QED) is 0.336. The molecule has 3 aromatic carbocycles. The van der Waals surface area contributed by atoms with Gasteiger partial charge in [-0.15, -0.1) is 0 Å². The van der Waals surface area contributed by atoms with E-state index in [1.54, 1.807) is 0 Å². The first-order valence-corrected chi connectivity index (χ1v) is 10.2. The van der Waals surface area contributed by atoms with Crippen LogP contribution in [0.4, 0.5) is 0 Å². The second-order valence-corrected chi connectivity index (χ2v) is 8.22. The molecule has 0 unspecified atom stereocenters. The zero-order valence-electron chi connectivity index (χ0n) is 17.1. The van der Waals surface area contributed by atoms with Crippen molar-refractivity contribution < 1.29 is 4.57 Å². The number of aromatic nitrogens is 1. The van der Waals surface area contributed by atoms with E-state index in [1.807, 2.05) is 0 Å². The van der Waals surface area contributed by atoms with Crippen LogP contribution in [0.2, 0.25) is 0 Å². The average molecular weight is 365 g/mol. The Kier molecular flexibility index (Phi) is 3.87. The summed E-state index contributed by atoms with van der Waals surface area (Å²) in [6, 6.07) is 22.8. The molecular formula is C27H26N+. The molecule has 5 rings (SSSR count). The van der Waals surface area contributed by atoms with Gasteiger partial charge in [0.15, 0.2) is 0 Å². The Hall–Kier alpha value is -2.93.